The highest BCUT2D eigenvalue weighted by atomic mass is 16.5. The van der Waals surface area contributed by atoms with Crippen molar-refractivity contribution < 1.29 is 18.8 Å². The van der Waals surface area contributed by atoms with Gasteiger partial charge in [-0.1, -0.05) is 41.6 Å². The van der Waals surface area contributed by atoms with Crippen molar-refractivity contribution in [1.82, 2.24) is 15.5 Å². The van der Waals surface area contributed by atoms with Crippen LogP contribution in [-0.4, -0.2) is 30.4 Å². The Morgan fingerprint density at radius 2 is 1.64 bits per heavy atom. The lowest BCUT2D eigenvalue weighted by atomic mass is 9.94. The monoisotopic (exact) mass is 482 g/mol. The van der Waals surface area contributed by atoms with Crippen LogP contribution in [0, 0.1) is 6.92 Å². The zero-order valence-corrected chi connectivity index (χ0v) is 20.5. The highest BCUT2D eigenvalue weighted by molar-refractivity contribution is 6.01. The molecule has 36 heavy (non-hydrogen) atoms. The second-order valence-electron chi connectivity index (χ2n) is 8.49. The Balaban J connectivity index is 1.66. The number of rotatable bonds is 6. The van der Waals surface area contributed by atoms with Gasteiger partial charge in [-0.25, -0.2) is 4.79 Å². The molecule has 0 saturated carbocycles. The van der Waals surface area contributed by atoms with Crippen LogP contribution in [0.5, 0.6) is 11.5 Å². The molecule has 0 spiro atoms. The summed E-state index contributed by atoms with van der Waals surface area (Å²) in [6.07, 6.45) is 0. The second-order valence-corrected chi connectivity index (χ2v) is 8.49. The molecule has 1 aromatic heterocycles. The lowest BCUT2D eigenvalue weighted by Gasteiger charge is -2.35. The summed E-state index contributed by atoms with van der Waals surface area (Å²) >= 11 is 0. The predicted molar refractivity (Wildman–Crippen MR) is 137 cm³/mol. The molecule has 1 unspecified atom stereocenters. The Hall–Kier alpha value is -4.59. The topological polar surface area (TPSA) is 89.7 Å². The molecule has 0 aliphatic carbocycles. The average Bonchev–Trinajstić information content (AvgIpc) is 3.38. The minimum atomic E-state index is -0.521. The van der Waals surface area contributed by atoms with E-state index >= 15 is 0 Å². The summed E-state index contributed by atoms with van der Waals surface area (Å²) in [5.74, 6) is 2.12. The van der Waals surface area contributed by atoms with Crippen LogP contribution in [0.4, 0.5) is 10.5 Å². The molecule has 0 saturated heterocycles. The van der Waals surface area contributed by atoms with Crippen molar-refractivity contribution >= 4 is 17.3 Å². The number of carbonyl (C=O) groups excluding carboxylic acids is 1. The Morgan fingerprint density at radius 3 is 2.39 bits per heavy atom. The molecule has 1 aliphatic rings. The third kappa shape index (κ3) is 4.29. The number of hydrogen-bond acceptors (Lipinski definition) is 6. The normalized spacial score (nSPS) is 15.6. The molecule has 5 rings (SSSR count). The molecule has 4 aromatic rings. The van der Waals surface area contributed by atoms with Gasteiger partial charge in [0, 0.05) is 11.3 Å². The lowest BCUT2D eigenvalue weighted by molar-refractivity contribution is 0.244. The molecule has 2 heterocycles. The van der Waals surface area contributed by atoms with Crippen LogP contribution in [0.2, 0.25) is 0 Å². The van der Waals surface area contributed by atoms with Gasteiger partial charge < -0.3 is 19.3 Å². The minimum absolute atomic E-state index is 0.248. The molecule has 0 bridgehead atoms. The third-order valence-electron chi connectivity index (χ3n) is 6.16. The number of anilines is 1. The number of aromatic nitrogens is 2. The zero-order valence-electron chi connectivity index (χ0n) is 20.5. The molecule has 1 N–H and O–H groups in total. The lowest BCUT2D eigenvalue weighted by Crippen LogP contribution is -2.46. The van der Waals surface area contributed by atoms with Crippen molar-refractivity contribution in [1.29, 1.82) is 0 Å². The Kier molecular flexibility index (Phi) is 6.16. The van der Waals surface area contributed by atoms with Gasteiger partial charge in [-0.15, -0.1) is 0 Å². The quantitative estimate of drug-likeness (QED) is 0.376. The van der Waals surface area contributed by atoms with Crippen LogP contribution in [0.15, 0.2) is 83.0 Å². The Labute approximate surface area is 209 Å². The van der Waals surface area contributed by atoms with Crippen molar-refractivity contribution in [2.45, 2.75) is 19.9 Å². The molecule has 8 nitrogen and oxygen atoms in total. The molecular weight excluding hydrogens is 456 g/mol. The van der Waals surface area contributed by atoms with Crippen LogP contribution >= 0.6 is 0 Å². The maximum Gasteiger partial charge on any atom is 0.326 e. The van der Waals surface area contributed by atoms with E-state index in [4.69, 9.17) is 19.0 Å². The molecule has 8 heteroatoms. The summed E-state index contributed by atoms with van der Waals surface area (Å²) in [6, 6.07) is 22.0. The SMILES string of the molecule is COc1cccc(-c2noc(C3=C(C)N(c4cccc(C)c4)C(=O)NC3c3cccc(OC)c3)n2)c1. The summed E-state index contributed by atoms with van der Waals surface area (Å²) in [5, 5.41) is 7.36. The van der Waals surface area contributed by atoms with Crippen LogP contribution in [0.25, 0.3) is 17.0 Å². The number of ether oxygens (including phenoxy) is 2. The van der Waals surface area contributed by atoms with E-state index in [0.717, 1.165) is 22.4 Å². The van der Waals surface area contributed by atoms with Gasteiger partial charge in [-0.3, -0.25) is 4.90 Å². The number of urea groups is 1. The van der Waals surface area contributed by atoms with E-state index in [9.17, 15) is 4.79 Å². The molecule has 0 radical (unpaired) electrons. The summed E-state index contributed by atoms with van der Waals surface area (Å²) in [4.78, 5) is 19.7. The fraction of sp³-hybridized carbons (Fsp3) is 0.179. The summed E-state index contributed by atoms with van der Waals surface area (Å²) in [5.41, 5.74) is 4.78. The van der Waals surface area contributed by atoms with Crippen molar-refractivity contribution in [3.05, 3.63) is 95.5 Å². The van der Waals surface area contributed by atoms with E-state index in [-0.39, 0.29) is 6.03 Å². The van der Waals surface area contributed by atoms with Gasteiger partial charge in [0.1, 0.15) is 11.5 Å². The maximum absolute atomic E-state index is 13.4. The van der Waals surface area contributed by atoms with E-state index < -0.39 is 6.04 Å². The smallest absolute Gasteiger partial charge is 0.326 e. The first-order valence-electron chi connectivity index (χ1n) is 11.5. The maximum atomic E-state index is 13.4. The number of methoxy groups -OCH3 is 2. The largest absolute Gasteiger partial charge is 0.497 e. The highest BCUT2D eigenvalue weighted by Crippen LogP contribution is 2.40. The van der Waals surface area contributed by atoms with Crippen molar-refractivity contribution in [2.24, 2.45) is 0 Å². The Bertz CT molecular complexity index is 1460. The molecule has 182 valence electrons. The van der Waals surface area contributed by atoms with Gasteiger partial charge in [0.15, 0.2) is 0 Å². The summed E-state index contributed by atoms with van der Waals surface area (Å²) < 4.78 is 16.5. The number of allylic oxidation sites excluding steroid dienone is 1. The van der Waals surface area contributed by atoms with Gasteiger partial charge in [0.2, 0.25) is 5.82 Å². The van der Waals surface area contributed by atoms with E-state index in [1.165, 1.54) is 0 Å². The first-order valence-corrected chi connectivity index (χ1v) is 11.5. The summed E-state index contributed by atoms with van der Waals surface area (Å²) in [6.45, 7) is 3.88. The van der Waals surface area contributed by atoms with E-state index in [1.807, 2.05) is 86.6 Å². The van der Waals surface area contributed by atoms with Gasteiger partial charge in [0.05, 0.1) is 31.5 Å². The second kappa shape index (κ2) is 9.58. The first-order chi connectivity index (χ1) is 17.5. The molecule has 1 aliphatic heterocycles. The number of carbonyl (C=O) groups is 1. The number of nitrogens with zero attached hydrogens (tertiary/aromatic N) is 3. The van der Waals surface area contributed by atoms with Gasteiger partial charge in [-0.2, -0.15) is 4.98 Å². The predicted octanol–water partition coefficient (Wildman–Crippen LogP) is 5.76. The van der Waals surface area contributed by atoms with Crippen LogP contribution in [0.3, 0.4) is 0 Å². The fourth-order valence-electron chi connectivity index (χ4n) is 4.38. The number of amides is 2. The van der Waals surface area contributed by atoms with Crippen molar-refractivity contribution in [2.75, 3.05) is 19.1 Å². The van der Waals surface area contributed by atoms with E-state index in [0.29, 0.717) is 34.5 Å². The molecule has 3 aromatic carbocycles. The van der Waals surface area contributed by atoms with Gasteiger partial charge in [-0.05, 0) is 61.4 Å². The third-order valence-corrected chi connectivity index (χ3v) is 6.16. The van der Waals surface area contributed by atoms with Gasteiger partial charge >= 0.3 is 6.03 Å². The minimum Gasteiger partial charge on any atom is -0.497 e. The first kappa shape index (κ1) is 23.2. The van der Waals surface area contributed by atoms with Gasteiger partial charge in [0.25, 0.3) is 5.89 Å². The highest BCUT2D eigenvalue weighted by Gasteiger charge is 2.36. The standard InChI is InChI=1S/C28H26N4O4/c1-17-8-5-11-21(14-17)32-18(2)24(25(29-28(32)33)19-9-6-12-22(15-19)34-3)27-30-26(31-36-27)20-10-7-13-23(16-20)35-4/h5-16,25H,1-4H3,(H,29,33). The molecule has 2 amide bonds. The number of hydrogen-bond donors (Lipinski definition) is 1. The van der Waals surface area contributed by atoms with Crippen LogP contribution < -0.4 is 19.7 Å². The fourth-order valence-corrected chi connectivity index (χ4v) is 4.38. The number of benzene rings is 3. The van der Waals surface area contributed by atoms with E-state index in [1.54, 1.807) is 19.1 Å². The molecule has 1 atom stereocenters. The molecule has 0 fully saturated rings. The number of aryl methyl sites for hydroxylation is 1. The van der Waals surface area contributed by atoms with Crippen LogP contribution in [-0.2, 0) is 0 Å². The van der Waals surface area contributed by atoms with Crippen LogP contribution in [0.1, 0.15) is 30.0 Å². The molecular formula is C28H26N4O4. The number of nitrogens with one attached hydrogen (secondary N) is 1. The van der Waals surface area contributed by atoms with E-state index in [2.05, 4.69) is 10.5 Å². The summed E-state index contributed by atoms with van der Waals surface area (Å²) in [7, 11) is 3.22. The Morgan fingerprint density at radius 1 is 0.917 bits per heavy atom. The van der Waals surface area contributed by atoms with Crippen molar-refractivity contribution in [3.63, 3.8) is 0 Å². The van der Waals surface area contributed by atoms with Crippen molar-refractivity contribution in [3.8, 4) is 22.9 Å². The zero-order chi connectivity index (χ0) is 25.2. The average molecular weight is 483 g/mol.